The maximum absolute atomic E-state index is 11.2. The predicted octanol–water partition coefficient (Wildman–Crippen LogP) is 1.64. The number of carbonyl (C=O) groups excluding carboxylic acids is 3. The molecule has 5 nitrogen and oxygen atoms in total. The number of benzene rings is 1. The van der Waals surface area contributed by atoms with Gasteiger partial charge in [-0.25, -0.2) is 0 Å². The first-order valence-corrected chi connectivity index (χ1v) is 6.99. The van der Waals surface area contributed by atoms with E-state index in [1.807, 2.05) is 6.07 Å². The maximum atomic E-state index is 11.2. The van der Waals surface area contributed by atoms with Crippen molar-refractivity contribution in [3.05, 3.63) is 48.0 Å². The summed E-state index contributed by atoms with van der Waals surface area (Å²) in [6, 6.07) is 8.94. The summed E-state index contributed by atoms with van der Waals surface area (Å²) in [5.74, 6) is -0.644. The Labute approximate surface area is 123 Å². The number of carbonyl (C=O) groups is 3. The number of nitrogens with zero attached hydrogens (tertiary/aromatic N) is 1. The van der Waals surface area contributed by atoms with Crippen LogP contribution >= 0.6 is 0 Å². The summed E-state index contributed by atoms with van der Waals surface area (Å²) < 4.78 is 0. The van der Waals surface area contributed by atoms with Gasteiger partial charge in [0, 0.05) is 23.8 Å². The van der Waals surface area contributed by atoms with Crippen LogP contribution in [0.15, 0.2) is 42.5 Å². The van der Waals surface area contributed by atoms with Gasteiger partial charge in [-0.05, 0) is 25.0 Å². The third kappa shape index (κ3) is 3.78. The second kappa shape index (κ2) is 6.83. The van der Waals surface area contributed by atoms with Gasteiger partial charge in [0.25, 0.3) is 11.8 Å². The van der Waals surface area contributed by atoms with Crippen molar-refractivity contribution in [1.29, 1.82) is 0 Å². The van der Waals surface area contributed by atoms with E-state index in [1.165, 1.54) is 17.1 Å². The average molecular weight is 286 g/mol. The Hall–Kier alpha value is -2.43. The molecule has 1 heterocycles. The van der Waals surface area contributed by atoms with E-state index in [0.29, 0.717) is 5.56 Å². The van der Waals surface area contributed by atoms with Gasteiger partial charge in [-0.2, -0.15) is 0 Å². The van der Waals surface area contributed by atoms with Crippen molar-refractivity contribution in [1.82, 2.24) is 4.90 Å². The Morgan fingerprint density at radius 1 is 1.00 bits per heavy atom. The summed E-state index contributed by atoms with van der Waals surface area (Å²) in [7, 11) is 0. The SMILES string of the molecule is NC(=O)c1ccccc1.O=C1C=CC(=O)N1C1CCCC1. The highest BCUT2D eigenvalue weighted by Crippen LogP contribution is 2.25. The van der Waals surface area contributed by atoms with Crippen molar-refractivity contribution in [3.8, 4) is 0 Å². The number of hydrogen-bond acceptors (Lipinski definition) is 3. The Bertz CT molecular complexity index is 542. The van der Waals surface area contributed by atoms with E-state index in [9.17, 15) is 14.4 Å². The van der Waals surface area contributed by atoms with Gasteiger partial charge in [-0.1, -0.05) is 31.0 Å². The van der Waals surface area contributed by atoms with Crippen molar-refractivity contribution >= 4 is 17.7 Å². The molecule has 1 aliphatic heterocycles. The lowest BCUT2D eigenvalue weighted by molar-refractivity contribution is -0.139. The molecule has 1 aromatic rings. The second-order valence-electron chi connectivity index (χ2n) is 5.05. The molecule has 1 aliphatic carbocycles. The van der Waals surface area contributed by atoms with Crippen LogP contribution in [0.5, 0.6) is 0 Å². The smallest absolute Gasteiger partial charge is 0.253 e. The number of amides is 3. The molecule has 5 heteroatoms. The molecular weight excluding hydrogens is 268 g/mol. The molecule has 2 aliphatic rings. The highest BCUT2D eigenvalue weighted by Gasteiger charge is 2.32. The van der Waals surface area contributed by atoms with E-state index in [2.05, 4.69) is 0 Å². The van der Waals surface area contributed by atoms with Gasteiger partial charge in [0.2, 0.25) is 5.91 Å². The standard InChI is InChI=1S/C9H11NO2.C7H7NO/c11-8-5-6-9(12)10(8)7-3-1-2-4-7;8-7(9)6-4-2-1-3-5-6/h5-7H,1-4H2;1-5H,(H2,8,9). The lowest BCUT2D eigenvalue weighted by Gasteiger charge is -2.20. The van der Waals surface area contributed by atoms with Gasteiger partial charge in [0.15, 0.2) is 0 Å². The Balaban J connectivity index is 0.000000161. The number of hydrogen-bond donors (Lipinski definition) is 1. The quantitative estimate of drug-likeness (QED) is 0.839. The molecule has 3 rings (SSSR count). The van der Waals surface area contributed by atoms with Crippen LogP contribution in [0.1, 0.15) is 36.0 Å². The molecule has 0 saturated heterocycles. The fourth-order valence-corrected chi connectivity index (χ4v) is 2.54. The zero-order chi connectivity index (χ0) is 15.2. The molecule has 1 saturated carbocycles. The number of primary amides is 1. The lowest BCUT2D eigenvalue weighted by atomic mass is 10.2. The first-order valence-electron chi connectivity index (χ1n) is 6.99. The van der Waals surface area contributed by atoms with Gasteiger partial charge in [0.1, 0.15) is 0 Å². The largest absolute Gasteiger partial charge is 0.366 e. The lowest BCUT2D eigenvalue weighted by Crippen LogP contribution is -2.38. The zero-order valence-corrected chi connectivity index (χ0v) is 11.7. The Kier molecular flexibility index (Phi) is 4.87. The maximum Gasteiger partial charge on any atom is 0.253 e. The molecule has 0 atom stereocenters. The summed E-state index contributed by atoms with van der Waals surface area (Å²) in [6.07, 6.45) is 6.98. The van der Waals surface area contributed by atoms with Crippen LogP contribution in [0, 0.1) is 0 Å². The van der Waals surface area contributed by atoms with E-state index in [1.54, 1.807) is 24.3 Å². The van der Waals surface area contributed by atoms with Crippen LogP contribution in [0.3, 0.4) is 0 Å². The molecule has 3 amide bonds. The van der Waals surface area contributed by atoms with Crippen molar-refractivity contribution in [3.63, 3.8) is 0 Å². The third-order valence-electron chi connectivity index (χ3n) is 3.59. The molecule has 0 aromatic heterocycles. The Morgan fingerprint density at radius 2 is 1.52 bits per heavy atom. The van der Waals surface area contributed by atoms with E-state index >= 15 is 0 Å². The topological polar surface area (TPSA) is 80.5 Å². The Morgan fingerprint density at radius 3 is 1.95 bits per heavy atom. The monoisotopic (exact) mass is 286 g/mol. The highest BCUT2D eigenvalue weighted by atomic mass is 16.2. The molecule has 110 valence electrons. The molecule has 0 spiro atoms. The first-order chi connectivity index (χ1) is 10.1. The fourth-order valence-electron chi connectivity index (χ4n) is 2.54. The summed E-state index contributed by atoms with van der Waals surface area (Å²) in [5.41, 5.74) is 5.53. The van der Waals surface area contributed by atoms with Crippen molar-refractivity contribution in [2.45, 2.75) is 31.7 Å². The highest BCUT2D eigenvalue weighted by molar-refractivity contribution is 6.13. The summed E-state index contributed by atoms with van der Waals surface area (Å²) >= 11 is 0. The van der Waals surface area contributed by atoms with Crippen LogP contribution in [0.25, 0.3) is 0 Å². The summed E-state index contributed by atoms with van der Waals surface area (Å²) in [6.45, 7) is 0. The number of rotatable bonds is 2. The number of imide groups is 1. The van der Waals surface area contributed by atoms with Gasteiger partial charge in [-0.15, -0.1) is 0 Å². The minimum absolute atomic E-state index is 0.132. The normalized spacial score (nSPS) is 17.8. The predicted molar refractivity (Wildman–Crippen MR) is 78.2 cm³/mol. The van der Waals surface area contributed by atoms with Crippen molar-refractivity contribution in [2.75, 3.05) is 0 Å². The van der Waals surface area contributed by atoms with Crippen LogP contribution < -0.4 is 5.73 Å². The molecule has 0 unspecified atom stereocenters. The van der Waals surface area contributed by atoms with Crippen molar-refractivity contribution in [2.24, 2.45) is 5.73 Å². The second-order valence-corrected chi connectivity index (χ2v) is 5.05. The average Bonchev–Trinajstić information content (AvgIpc) is 3.11. The van der Waals surface area contributed by atoms with E-state index in [4.69, 9.17) is 5.73 Å². The van der Waals surface area contributed by atoms with Crippen LogP contribution in [-0.4, -0.2) is 28.7 Å². The molecule has 1 aromatic carbocycles. The van der Waals surface area contributed by atoms with Gasteiger partial charge in [-0.3, -0.25) is 19.3 Å². The van der Waals surface area contributed by atoms with Gasteiger partial charge >= 0.3 is 0 Å². The van der Waals surface area contributed by atoms with Crippen LogP contribution in [-0.2, 0) is 9.59 Å². The molecule has 21 heavy (non-hydrogen) atoms. The molecular formula is C16H18N2O3. The minimum Gasteiger partial charge on any atom is -0.366 e. The van der Waals surface area contributed by atoms with Crippen LogP contribution in [0.2, 0.25) is 0 Å². The summed E-state index contributed by atoms with van der Waals surface area (Å²) in [5, 5.41) is 0. The molecule has 0 radical (unpaired) electrons. The molecule has 2 N–H and O–H groups in total. The molecule has 0 bridgehead atoms. The van der Waals surface area contributed by atoms with E-state index in [0.717, 1.165) is 25.7 Å². The first kappa shape index (κ1) is 15.0. The van der Waals surface area contributed by atoms with Crippen LogP contribution in [0.4, 0.5) is 0 Å². The summed E-state index contributed by atoms with van der Waals surface area (Å²) in [4.78, 5) is 34.2. The van der Waals surface area contributed by atoms with Gasteiger partial charge in [0.05, 0.1) is 0 Å². The third-order valence-corrected chi connectivity index (χ3v) is 3.59. The fraction of sp³-hybridized carbons (Fsp3) is 0.312. The van der Waals surface area contributed by atoms with Crippen molar-refractivity contribution < 1.29 is 14.4 Å². The zero-order valence-electron chi connectivity index (χ0n) is 11.7. The van der Waals surface area contributed by atoms with E-state index in [-0.39, 0.29) is 23.8 Å². The molecule has 1 fully saturated rings. The number of nitrogens with two attached hydrogens (primary N) is 1. The van der Waals surface area contributed by atoms with E-state index < -0.39 is 0 Å². The van der Waals surface area contributed by atoms with Gasteiger partial charge < -0.3 is 5.73 Å². The minimum atomic E-state index is -0.379.